The molecule has 78 valence electrons. The third-order valence-electron chi connectivity index (χ3n) is 1.76. The molecule has 1 rings (SSSR count). The summed E-state index contributed by atoms with van der Waals surface area (Å²) < 4.78 is 23.9. The van der Waals surface area contributed by atoms with Crippen LogP contribution < -0.4 is 5.73 Å². The Balaban J connectivity index is 2.64. The van der Waals surface area contributed by atoms with Gasteiger partial charge in [0, 0.05) is 10.9 Å². The minimum atomic E-state index is -2.26. The van der Waals surface area contributed by atoms with E-state index in [1.165, 1.54) is 0 Å². The van der Waals surface area contributed by atoms with Gasteiger partial charge in [-0.1, -0.05) is 12.1 Å². The van der Waals surface area contributed by atoms with Crippen LogP contribution in [0.5, 0.6) is 0 Å². The summed E-state index contributed by atoms with van der Waals surface area (Å²) in [6, 6.07) is 7.36. The summed E-state index contributed by atoms with van der Waals surface area (Å²) in [5, 5.41) is 0. The minimum absolute atomic E-state index is 0.0536. The molecular formula is C10H13F2NS. The van der Waals surface area contributed by atoms with Gasteiger partial charge in [-0.2, -0.15) is 0 Å². The number of hydrogen-bond acceptors (Lipinski definition) is 2. The lowest BCUT2D eigenvalue weighted by Crippen LogP contribution is -2.04. The molecule has 0 bridgehead atoms. The molecule has 14 heavy (non-hydrogen) atoms. The van der Waals surface area contributed by atoms with Gasteiger partial charge in [0.2, 0.25) is 6.43 Å². The van der Waals surface area contributed by atoms with Crippen LogP contribution in [0.15, 0.2) is 29.2 Å². The molecule has 0 aliphatic heterocycles. The Bertz CT molecular complexity index is 289. The van der Waals surface area contributed by atoms with Crippen LogP contribution in [0.4, 0.5) is 8.78 Å². The van der Waals surface area contributed by atoms with Gasteiger partial charge in [-0.15, -0.1) is 11.8 Å². The number of thioether (sulfide) groups is 1. The standard InChI is InChI=1S/C10H13F2NS/c1-7(13)8-3-2-4-9(5-8)14-6-10(11)12/h2-5,7,10H,6,13H2,1H3. The smallest absolute Gasteiger partial charge is 0.247 e. The van der Waals surface area contributed by atoms with E-state index in [9.17, 15) is 8.78 Å². The second-order valence-corrected chi connectivity index (χ2v) is 4.16. The van der Waals surface area contributed by atoms with E-state index < -0.39 is 6.43 Å². The molecule has 0 saturated heterocycles. The largest absolute Gasteiger partial charge is 0.324 e. The average Bonchev–Trinajstić information content (AvgIpc) is 2.15. The third kappa shape index (κ3) is 3.64. The van der Waals surface area contributed by atoms with Crippen molar-refractivity contribution in [2.45, 2.75) is 24.3 Å². The van der Waals surface area contributed by atoms with Crippen LogP contribution in [0.1, 0.15) is 18.5 Å². The number of benzene rings is 1. The Hall–Kier alpha value is -0.610. The van der Waals surface area contributed by atoms with Crippen molar-refractivity contribution in [3.8, 4) is 0 Å². The fourth-order valence-corrected chi connectivity index (χ4v) is 1.76. The van der Waals surface area contributed by atoms with E-state index in [0.717, 1.165) is 22.2 Å². The van der Waals surface area contributed by atoms with E-state index in [2.05, 4.69) is 0 Å². The summed E-state index contributed by atoms with van der Waals surface area (Å²) in [7, 11) is 0. The van der Waals surface area contributed by atoms with Crippen molar-refractivity contribution in [3.63, 3.8) is 0 Å². The summed E-state index contributed by atoms with van der Waals surface area (Å²) in [6.45, 7) is 1.87. The molecule has 1 unspecified atom stereocenters. The van der Waals surface area contributed by atoms with Gasteiger partial charge >= 0.3 is 0 Å². The first kappa shape index (κ1) is 11.5. The molecule has 0 aliphatic rings. The Kier molecular flexibility index (Phi) is 4.35. The van der Waals surface area contributed by atoms with Gasteiger partial charge in [-0.05, 0) is 24.6 Å². The molecule has 0 amide bonds. The van der Waals surface area contributed by atoms with Crippen molar-refractivity contribution in [3.05, 3.63) is 29.8 Å². The van der Waals surface area contributed by atoms with E-state index in [4.69, 9.17) is 5.73 Å². The molecule has 0 radical (unpaired) electrons. The van der Waals surface area contributed by atoms with Gasteiger partial charge in [0.25, 0.3) is 0 Å². The molecule has 1 atom stereocenters. The molecular weight excluding hydrogens is 204 g/mol. The van der Waals surface area contributed by atoms with Crippen LogP contribution in [-0.2, 0) is 0 Å². The van der Waals surface area contributed by atoms with Crippen LogP contribution in [-0.4, -0.2) is 12.2 Å². The summed E-state index contributed by atoms with van der Waals surface area (Å²) in [5.41, 5.74) is 6.66. The molecule has 0 aliphatic carbocycles. The topological polar surface area (TPSA) is 26.0 Å². The summed E-state index contributed by atoms with van der Waals surface area (Å²) in [4.78, 5) is 0.847. The Morgan fingerprint density at radius 1 is 1.43 bits per heavy atom. The van der Waals surface area contributed by atoms with Crippen molar-refractivity contribution in [2.24, 2.45) is 5.73 Å². The first-order valence-electron chi connectivity index (χ1n) is 4.36. The second-order valence-electron chi connectivity index (χ2n) is 3.06. The van der Waals surface area contributed by atoms with Crippen LogP contribution in [0, 0.1) is 0 Å². The number of rotatable bonds is 4. The third-order valence-corrected chi connectivity index (χ3v) is 2.77. The van der Waals surface area contributed by atoms with Crippen LogP contribution in [0.2, 0.25) is 0 Å². The van der Waals surface area contributed by atoms with Gasteiger partial charge in [0.15, 0.2) is 0 Å². The zero-order chi connectivity index (χ0) is 10.6. The Morgan fingerprint density at radius 2 is 2.14 bits per heavy atom. The van der Waals surface area contributed by atoms with E-state index in [1.807, 2.05) is 31.2 Å². The molecule has 0 aromatic heterocycles. The lowest BCUT2D eigenvalue weighted by molar-refractivity contribution is 0.177. The first-order chi connectivity index (χ1) is 6.59. The van der Waals surface area contributed by atoms with Crippen molar-refractivity contribution >= 4 is 11.8 Å². The van der Waals surface area contributed by atoms with Crippen molar-refractivity contribution < 1.29 is 8.78 Å². The fourth-order valence-electron chi connectivity index (χ4n) is 1.05. The Labute approximate surface area is 86.7 Å². The van der Waals surface area contributed by atoms with Crippen molar-refractivity contribution in [1.29, 1.82) is 0 Å². The van der Waals surface area contributed by atoms with Gasteiger partial charge < -0.3 is 5.73 Å². The van der Waals surface area contributed by atoms with E-state index >= 15 is 0 Å². The van der Waals surface area contributed by atoms with Crippen LogP contribution in [0.3, 0.4) is 0 Å². The number of halogens is 2. The lowest BCUT2D eigenvalue weighted by Gasteiger charge is -2.07. The fraction of sp³-hybridized carbons (Fsp3) is 0.400. The predicted octanol–water partition coefficient (Wildman–Crippen LogP) is 3.06. The monoisotopic (exact) mass is 217 g/mol. The highest BCUT2D eigenvalue weighted by Gasteiger charge is 2.05. The molecule has 1 aromatic rings. The van der Waals surface area contributed by atoms with Gasteiger partial charge in [0.1, 0.15) is 0 Å². The number of nitrogens with two attached hydrogens (primary N) is 1. The van der Waals surface area contributed by atoms with E-state index in [1.54, 1.807) is 0 Å². The highest BCUT2D eigenvalue weighted by Crippen LogP contribution is 2.22. The zero-order valence-electron chi connectivity index (χ0n) is 7.91. The molecule has 0 fully saturated rings. The first-order valence-corrected chi connectivity index (χ1v) is 5.34. The normalized spacial score (nSPS) is 13.2. The van der Waals surface area contributed by atoms with E-state index in [-0.39, 0.29) is 11.8 Å². The highest BCUT2D eigenvalue weighted by molar-refractivity contribution is 7.99. The van der Waals surface area contributed by atoms with E-state index in [0.29, 0.717) is 0 Å². The maximum Gasteiger partial charge on any atom is 0.247 e. The SMILES string of the molecule is CC(N)c1cccc(SCC(F)F)c1. The highest BCUT2D eigenvalue weighted by atomic mass is 32.2. The minimum Gasteiger partial charge on any atom is -0.324 e. The molecule has 1 nitrogen and oxygen atoms in total. The maximum atomic E-state index is 11.9. The van der Waals surface area contributed by atoms with Crippen molar-refractivity contribution in [1.82, 2.24) is 0 Å². The molecule has 2 N–H and O–H groups in total. The maximum absolute atomic E-state index is 11.9. The predicted molar refractivity (Wildman–Crippen MR) is 55.8 cm³/mol. The summed E-state index contributed by atoms with van der Waals surface area (Å²) in [6.07, 6.45) is -2.26. The summed E-state index contributed by atoms with van der Waals surface area (Å²) in [5.74, 6) is -0.164. The van der Waals surface area contributed by atoms with Gasteiger partial charge in [-0.3, -0.25) is 0 Å². The van der Waals surface area contributed by atoms with Crippen LogP contribution >= 0.6 is 11.8 Å². The summed E-state index contributed by atoms with van der Waals surface area (Å²) >= 11 is 1.15. The van der Waals surface area contributed by atoms with Crippen LogP contribution in [0.25, 0.3) is 0 Å². The lowest BCUT2D eigenvalue weighted by atomic mass is 10.1. The average molecular weight is 217 g/mol. The molecule has 0 saturated carbocycles. The molecule has 1 aromatic carbocycles. The molecule has 0 heterocycles. The second kappa shape index (κ2) is 5.32. The quantitative estimate of drug-likeness (QED) is 0.784. The Morgan fingerprint density at radius 3 is 2.71 bits per heavy atom. The molecule has 4 heteroatoms. The zero-order valence-corrected chi connectivity index (χ0v) is 8.73. The number of alkyl halides is 2. The number of hydrogen-bond donors (Lipinski definition) is 1. The van der Waals surface area contributed by atoms with Gasteiger partial charge in [0.05, 0.1) is 5.75 Å². The molecule has 0 spiro atoms. The van der Waals surface area contributed by atoms with Crippen molar-refractivity contribution in [2.75, 3.05) is 5.75 Å². The van der Waals surface area contributed by atoms with Gasteiger partial charge in [-0.25, -0.2) is 8.78 Å².